The van der Waals surface area contributed by atoms with Gasteiger partial charge < -0.3 is 4.57 Å². The van der Waals surface area contributed by atoms with E-state index in [4.69, 9.17) is 4.98 Å². The monoisotopic (exact) mass is 393 g/mol. The first-order valence-corrected chi connectivity index (χ1v) is 10.4. The van der Waals surface area contributed by atoms with Crippen LogP contribution in [0.4, 0.5) is 0 Å². The van der Waals surface area contributed by atoms with Gasteiger partial charge in [0, 0.05) is 23.2 Å². The van der Waals surface area contributed by atoms with Gasteiger partial charge >= 0.3 is 0 Å². The van der Waals surface area contributed by atoms with Crippen LogP contribution in [0.5, 0.6) is 0 Å². The van der Waals surface area contributed by atoms with Crippen LogP contribution >= 0.6 is 0 Å². The van der Waals surface area contributed by atoms with Crippen molar-refractivity contribution in [3.05, 3.63) is 83.5 Å². The molecule has 2 aliphatic rings. The minimum Gasteiger partial charge on any atom is -0.301 e. The number of hydrogen-bond donors (Lipinski definition) is 0. The number of aromatic nitrogens is 2. The zero-order valence-corrected chi connectivity index (χ0v) is 17.2. The largest absolute Gasteiger partial charge is 0.301 e. The Hall–Kier alpha value is -3.45. The molecule has 1 heterocycles. The number of Topliss-reactive ketones (excluding diaryl/α,β-unsaturated/α-hetero) is 1. The lowest BCUT2D eigenvalue weighted by atomic mass is 9.62. The maximum Gasteiger partial charge on any atom is 0.173 e. The van der Waals surface area contributed by atoms with Crippen molar-refractivity contribution in [1.82, 2.24) is 9.55 Å². The zero-order valence-electron chi connectivity index (χ0n) is 17.2. The van der Waals surface area contributed by atoms with Crippen molar-refractivity contribution in [2.75, 3.05) is 0 Å². The molecule has 0 saturated heterocycles. The Morgan fingerprint density at radius 1 is 1.13 bits per heavy atom. The second-order valence-electron chi connectivity index (χ2n) is 8.52. The Morgan fingerprint density at radius 3 is 2.67 bits per heavy atom. The molecule has 0 fully saturated rings. The van der Waals surface area contributed by atoms with Gasteiger partial charge in [0.25, 0.3) is 0 Å². The third-order valence-electron chi connectivity index (χ3n) is 6.74. The third-order valence-corrected chi connectivity index (χ3v) is 6.74. The summed E-state index contributed by atoms with van der Waals surface area (Å²) >= 11 is 0. The number of aryl methyl sites for hydroxylation is 1. The minimum atomic E-state index is -0.375. The van der Waals surface area contributed by atoms with Crippen LogP contribution in [0, 0.1) is 24.2 Å². The number of hydrogen-bond acceptors (Lipinski definition) is 3. The molecule has 0 aliphatic heterocycles. The SMILES string of the molecule is Cc1nc2c(n1-c1cccc(-c3ccccc3)c1)CCC1CC(=O)C(C#N)=CC21C. The molecular weight excluding hydrogens is 370 g/mol. The Labute approximate surface area is 176 Å². The van der Waals surface area contributed by atoms with Gasteiger partial charge in [0.2, 0.25) is 0 Å². The molecule has 0 spiro atoms. The highest BCUT2D eigenvalue weighted by Crippen LogP contribution is 2.47. The third kappa shape index (κ3) is 2.74. The molecule has 0 amide bonds. The molecule has 2 aliphatic carbocycles. The number of fused-ring (bicyclic) bond motifs is 3. The van der Waals surface area contributed by atoms with Gasteiger partial charge in [0.1, 0.15) is 11.9 Å². The van der Waals surface area contributed by atoms with Crippen molar-refractivity contribution in [1.29, 1.82) is 5.26 Å². The van der Waals surface area contributed by atoms with Gasteiger partial charge in [-0.15, -0.1) is 0 Å². The van der Waals surface area contributed by atoms with Gasteiger partial charge in [-0.3, -0.25) is 4.79 Å². The molecule has 0 saturated carbocycles. The van der Waals surface area contributed by atoms with E-state index in [0.717, 1.165) is 30.0 Å². The molecule has 4 nitrogen and oxygen atoms in total. The van der Waals surface area contributed by atoms with Crippen molar-refractivity contribution in [3.8, 4) is 22.9 Å². The van der Waals surface area contributed by atoms with E-state index in [1.807, 2.05) is 19.1 Å². The fourth-order valence-electron chi connectivity index (χ4n) is 5.15. The van der Waals surface area contributed by atoms with Crippen molar-refractivity contribution < 1.29 is 4.79 Å². The fourth-order valence-corrected chi connectivity index (χ4v) is 5.15. The molecule has 30 heavy (non-hydrogen) atoms. The predicted molar refractivity (Wildman–Crippen MR) is 116 cm³/mol. The molecule has 4 heteroatoms. The van der Waals surface area contributed by atoms with Crippen LogP contribution < -0.4 is 0 Å². The average molecular weight is 393 g/mol. The van der Waals surface area contributed by atoms with E-state index in [2.05, 4.69) is 66.1 Å². The quantitative estimate of drug-likeness (QED) is 0.609. The summed E-state index contributed by atoms with van der Waals surface area (Å²) in [7, 11) is 0. The number of nitrogens with zero attached hydrogens (tertiary/aromatic N) is 3. The summed E-state index contributed by atoms with van der Waals surface area (Å²) in [5.41, 5.74) is 5.57. The number of imidazole rings is 1. The van der Waals surface area contributed by atoms with Crippen LogP contribution in [-0.2, 0) is 16.6 Å². The topological polar surface area (TPSA) is 58.7 Å². The van der Waals surface area contributed by atoms with Crippen LogP contribution in [0.15, 0.2) is 66.2 Å². The number of allylic oxidation sites excluding steroid dienone is 2. The molecule has 2 aromatic carbocycles. The maximum atomic E-state index is 12.3. The Kier molecular flexibility index (Phi) is 4.22. The number of carbonyl (C=O) groups excluding carboxylic acids is 1. The highest BCUT2D eigenvalue weighted by molar-refractivity contribution is 6.00. The molecule has 148 valence electrons. The zero-order chi connectivity index (χ0) is 20.9. The number of rotatable bonds is 2. The van der Waals surface area contributed by atoms with E-state index in [1.165, 1.54) is 16.8 Å². The van der Waals surface area contributed by atoms with Crippen molar-refractivity contribution in [2.24, 2.45) is 5.92 Å². The van der Waals surface area contributed by atoms with E-state index >= 15 is 0 Å². The summed E-state index contributed by atoms with van der Waals surface area (Å²) < 4.78 is 2.25. The van der Waals surface area contributed by atoms with Crippen LogP contribution in [0.1, 0.15) is 37.0 Å². The summed E-state index contributed by atoms with van der Waals surface area (Å²) in [5.74, 6) is 1.11. The standard InChI is InChI=1S/C26H23N3O/c1-17-28-25-23(12-11-21-14-24(30)20(16-27)15-26(21,25)2)29(17)22-10-6-9-19(13-22)18-7-4-3-5-8-18/h3-10,13,15,21H,11-12,14H2,1-2H3. The first-order valence-electron chi connectivity index (χ1n) is 10.4. The van der Waals surface area contributed by atoms with Gasteiger partial charge in [-0.05, 0) is 48.9 Å². The van der Waals surface area contributed by atoms with Crippen LogP contribution in [-0.4, -0.2) is 15.3 Å². The van der Waals surface area contributed by atoms with E-state index in [0.29, 0.717) is 6.42 Å². The van der Waals surface area contributed by atoms with Gasteiger partial charge in [0.15, 0.2) is 5.78 Å². The minimum absolute atomic E-state index is 0.0323. The summed E-state index contributed by atoms with van der Waals surface area (Å²) in [4.78, 5) is 17.3. The van der Waals surface area contributed by atoms with Gasteiger partial charge in [0.05, 0.1) is 11.3 Å². The highest BCUT2D eigenvalue weighted by Gasteiger charge is 2.46. The Balaban J connectivity index is 1.65. The summed E-state index contributed by atoms with van der Waals surface area (Å²) in [6, 6.07) is 21.0. The van der Waals surface area contributed by atoms with Gasteiger partial charge in [-0.25, -0.2) is 4.98 Å². The first-order chi connectivity index (χ1) is 14.5. The summed E-state index contributed by atoms with van der Waals surface area (Å²) in [6.07, 6.45) is 4.12. The Morgan fingerprint density at radius 2 is 1.90 bits per heavy atom. The molecule has 0 N–H and O–H groups in total. The summed E-state index contributed by atoms with van der Waals surface area (Å²) in [6.45, 7) is 4.17. The molecular formula is C26H23N3O. The van der Waals surface area contributed by atoms with Crippen LogP contribution in [0.3, 0.4) is 0 Å². The number of ketones is 1. The van der Waals surface area contributed by atoms with E-state index in [9.17, 15) is 10.1 Å². The van der Waals surface area contributed by atoms with Crippen LogP contribution in [0.25, 0.3) is 16.8 Å². The number of benzene rings is 2. The highest BCUT2D eigenvalue weighted by atomic mass is 16.1. The smallest absolute Gasteiger partial charge is 0.173 e. The molecule has 2 unspecified atom stereocenters. The molecule has 5 rings (SSSR count). The van der Waals surface area contributed by atoms with E-state index in [1.54, 1.807) is 0 Å². The van der Waals surface area contributed by atoms with Crippen molar-refractivity contribution >= 4 is 5.78 Å². The average Bonchev–Trinajstić information content (AvgIpc) is 3.12. The van der Waals surface area contributed by atoms with Crippen LogP contribution in [0.2, 0.25) is 0 Å². The maximum absolute atomic E-state index is 12.3. The normalized spacial score (nSPS) is 22.6. The second kappa shape index (κ2) is 6.81. The molecule has 0 radical (unpaired) electrons. The molecule has 0 bridgehead atoms. The Bertz CT molecular complexity index is 1230. The van der Waals surface area contributed by atoms with Gasteiger partial charge in [-0.2, -0.15) is 5.26 Å². The molecule has 1 aromatic heterocycles. The number of nitriles is 1. The van der Waals surface area contributed by atoms with E-state index in [-0.39, 0.29) is 22.7 Å². The lowest BCUT2D eigenvalue weighted by Gasteiger charge is -2.41. The van der Waals surface area contributed by atoms with E-state index < -0.39 is 0 Å². The van der Waals surface area contributed by atoms with Crippen molar-refractivity contribution in [2.45, 2.75) is 38.5 Å². The number of carbonyl (C=O) groups is 1. The second-order valence-corrected chi connectivity index (χ2v) is 8.52. The first kappa shape index (κ1) is 18.6. The molecule has 3 aromatic rings. The fraction of sp³-hybridized carbons (Fsp3) is 0.269. The van der Waals surface area contributed by atoms with Crippen molar-refractivity contribution in [3.63, 3.8) is 0 Å². The summed E-state index contributed by atoms with van der Waals surface area (Å²) in [5, 5.41) is 9.43. The molecule has 2 atom stereocenters. The van der Waals surface area contributed by atoms with Gasteiger partial charge in [-0.1, -0.05) is 55.5 Å². The lowest BCUT2D eigenvalue weighted by molar-refractivity contribution is -0.117. The predicted octanol–water partition coefficient (Wildman–Crippen LogP) is 5.09. The lowest BCUT2D eigenvalue weighted by Crippen LogP contribution is -2.40.